The monoisotopic (exact) mass is 214 g/mol. The molecule has 1 fully saturated rings. The lowest BCUT2D eigenvalue weighted by atomic mass is 9.93. The van der Waals surface area contributed by atoms with Gasteiger partial charge in [-0.05, 0) is 38.1 Å². The van der Waals surface area contributed by atoms with Gasteiger partial charge in [-0.25, -0.2) is 0 Å². The van der Waals surface area contributed by atoms with E-state index in [0.717, 1.165) is 25.7 Å². The van der Waals surface area contributed by atoms with Crippen LogP contribution < -0.4 is 11.1 Å². The van der Waals surface area contributed by atoms with Crippen molar-refractivity contribution in [1.29, 1.82) is 0 Å². The number of hydrogen-bond acceptors (Lipinski definition) is 3. The fraction of sp³-hybridized carbons (Fsp3) is 0.909. The number of nitrogens with one attached hydrogen (secondary N) is 1. The molecule has 1 amide bonds. The molecule has 0 saturated heterocycles. The average Bonchev–Trinajstić information content (AvgIpc) is 2.21. The van der Waals surface area contributed by atoms with Crippen molar-refractivity contribution in [1.82, 2.24) is 5.32 Å². The molecule has 1 rings (SSSR count). The van der Waals surface area contributed by atoms with Gasteiger partial charge in [-0.1, -0.05) is 6.92 Å². The summed E-state index contributed by atoms with van der Waals surface area (Å²) in [5, 5.41) is 12.3. The Kier molecular flexibility index (Phi) is 5.05. The predicted molar refractivity (Wildman–Crippen MR) is 59.2 cm³/mol. The summed E-state index contributed by atoms with van der Waals surface area (Å²) >= 11 is 0. The first-order chi connectivity index (χ1) is 7.11. The number of nitrogens with two attached hydrogens (primary N) is 1. The van der Waals surface area contributed by atoms with Crippen LogP contribution in [-0.4, -0.2) is 29.7 Å². The highest BCUT2D eigenvalue weighted by atomic mass is 16.3. The molecule has 1 saturated carbocycles. The van der Waals surface area contributed by atoms with Crippen molar-refractivity contribution in [3.05, 3.63) is 0 Å². The molecule has 1 unspecified atom stereocenters. The van der Waals surface area contributed by atoms with E-state index < -0.39 is 0 Å². The standard InChI is InChI=1S/C11H22N2O2/c1-8(7-12)6-11(15)13-9-2-4-10(14)5-3-9/h8-10,14H,2-7,12H2,1H3,(H,13,15). The summed E-state index contributed by atoms with van der Waals surface area (Å²) in [5.74, 6) is 0.341. The summed E-state index contributed by atoms with van der Waals surface area (Å²) < 4.78 is 0. The van der Waals surface area contributed by atoms with E-state index in [9.17, 15) is 9.90 Å². The summed E-state index contributed by atoms with van der Waals surface area (Å²) in [6.07, 6.45) is 3.74. The molecular weight excluding hydrogens is 192 g/mol. The van der Waals surface area contributed by atoms with Crippen molar-refractivity contribution in [3.63, 3.8) is 0 Å². The predicted octanol–water partition coefficient (Wildman–Crippen LogP) is 0.391. The zero-order valence-electron chi connectivity index (χ0n) is 9.41. The third kappa shape index (κ3) is 4.62. The first-order valence-corrected chi connectivity index (χ1v) is 5.79. The van der Waals surface area contributed by atoms with Gasteiger partial charge >= 0.3 is 0 Å². The van der Waals surface area contributed by atoms with Gasteiger partial charge < -0.3 is 16.2 Å². The molecule has 1 aliphatic rings. The quantitative estimate of drug-likeness (QED) is 0.633. The maximum atomic E-state index is 11.5. The van der Waals surface area contributed by atoms with Gasteiger partial charge in [0.1, 0.15) is 0 Å². The zero-order valence-corrected chi connectivity index (χ0v) is 9.41. The molecule has 1 aliphatic carbocycles. The van der Waals surface area contributed by atoms with E-state index in [4.69, 9.17) is 5.73 Å². The molecule has 0 bridgehead atoms. The van der Waals surface area contributed by atoms with Crippen molar-refractivity contribution >= 4 is 5.91 Å². The molecule has 0 aliphatic heterocycles. The van der Waals surface area contributed by atoms with E-state index in [0.29, 0.717) is 13.0 Å². The third-order valence-electron chi connectivity index (χ3n) is 3.00. The number of hydrogen-bond donors (Lipinski definition) is 3. The van der Waals surface area contributed by atoms with Crippen LogP contribution in [0.1, 0.15) is 39.0 Å². The summed E-state index contributed by atoms with van der Waals surface area (Å²) in [5.41, 5.74) is 5.46. The van der Waals surface area contributed by atoms with Gasteiger partial charge in [0, 0.05) is 12.5 Å². The molecule has 4 N–H and O–H groups in total. The van der Waals surface area contributed by atoms with Crippen LogP contribution >= 0.6 is 0 Å². The molecule has 0 radical (unpaired) electrons. The van der Waals surface area contributed by atoms with Crippen LogP contribution in [0.4, 0.5) is 0 Å². The van der Waals surface area contributed by atoms with E-state index in [1.807, 2.05) is 6.92 Å². The molecule has 0 heterocycles. The Morgan fingerprint density at radius 1 is 1.47 bits per heavy atom. The maximum Gasteiger partial charge on any atom is 0.220 e. The highest BCUT2D eigenvalue weighted by Gasteiger charge is 2.20. The molecule has 1 atom stereocenters. The molecule has 88 valence electrons. The minimum atomic E-state index is -0.166. The minimum Gasteiger partial charge on any atom is -0.393 e. The van der Waals surface area contributed by atoms with Crippen LogP contribution in [0.25, 0.3) is 0 Å². The first-order valence-electron chi connectivity index (χ1n) is 5.79. The number of amides is 1. The molecule has 0 aromatic rings. The Balaban J connectivity index is 2.20. The van der Waals surface area contributed by atoms with Gasteiger partial charge in [0.2, 0.25) is 5.91 Å². The Hall–Kier alpha value is -0.610. The van der Waals surface area contributed by atoms with Crippen LogP contribution in [0.5, 0.6) is 0 Å². The lowest BCUT2D eigenvalue weighted by Gasteiger charge is -2.26. The van der Waals surface area contributed by atoms with Crippen molar-refractivity contribution in [2.75, 3.05) is 6.54 Å². The van der Waals surface area contributed by atoms with Crippen LogP contribution in [-0.2, 0) is 4.79 Å². The second-order valence-corrected chi connectivity index (χ2v) is 4.62. The first kappa shape index (κ1) is 12.5. The highest BCUT2D eigenvalue weighted by Crippen LogP contribution is 2.18. The van der Waals surface area contributed by atoms with Crippen molar-refractivity contribution < 1.29 is 9.90 Å². The van der Waals surface area contributed by atoms with Crippen LogP contribution in [0, 0.1) is 5.92 Å². The Morgan fingerprint density at radius 2 is 2.07 bits per heavy atom. The molecule has 4 nitrogen and oxygen atoms in total. The molecular formula is C11H22N2O2. The van der Waals surface area contributed by atoms with Crippen LogP contribution in [0.2, 0.25) is 0 Å². The van der Waals surface area contributed by atoms with E-state index in [2.05, 4.69) is 5.32 Å². The van der Waals surface area contributed by atoms with Gasteiger partial charge in [-0.15, -0.1) is 0 Å². The average molecular weight is 214 g/mol. The fourth-order valence-electron chi connectivity index (χ4n) is 1.91. The second kappa shape index (κ2) is 6.08. The molecule has 0 aromatic heterocycles. The normalized spacial score (nSPS) is 28.5. The lowest BCUT2D eigenvalue weighted by molar-refractivity contribution is -0.122. The Morgan fingerprint density at radius 3 is 2.60 bits per heavy atom. The van der Waals surface area contributed by atoms with Crippen LogP contribution in [0.15, 0.2) is 0 Å². The van der Waals surface area contributed by atoms with E-state index in [1.165, 1.54) is 0 Å². The molecule has 0 spiro atoms. The molecule has 4 heteroatoms. The number of carbonyl (C=O) groups excluding carboxylic acids is 1. The van der Waals surface area contributed by atoms with E-state index in [1.54, 1.807) is 0 Å². The van der Waals surface area contributed by atoms with Gasteiger partial charge in [0.25, 0.3) is 0 Å². The minimum absolute atomic E-state index is 0.0920. The van der Waals surface area contributed by atoms with E-state index in [-0.39, 0.29) is 24.0 Å². The number of rotatable bonds is 4. The van der Waals surface area contributed by atoms with Crippen molar-refractivity contribution in [3.8, 4) is 0 Å². The number of carbonyl (C=O) groups is 1. The van der Waals surface area contributed by atoms with E-state index >= 15 is 0 Å². The van der Waals surface area contributed by atoms with Crippen molar-refractivity contribution in [2.45, 2.75) is 51.2 Å². The summed E-state index contributed by atoms with van der Waals surface area (Å²) in [6, 6.07) is 0.255. The third-order valence-corrected chi connectivity index (χ3v) is 3.00. The summed E-state index contributed by atoms with van der Waals surface area (Å²) in [4.78, 5) is 11.5. The van der Waals surface area contributed by atoms with Gasteiger partial charge in [0.15, 0.2) is 0 Å². The van der Waals surface area contributed by atoms with Gasteiger partial charge in [-0.3, -0.25) is 4.79 Å². The lowest BCUT2D eigenvalue weighted by Crippen LogP contribution is -2.39. The van der Waals surface area contributed by atoms with Gasteiger partial charge in [0.05, 0.1) is 6.10 Å². The second-order valence-electron chi connectivity index (χ2n) is 4.62. The topological polar surface area (TPSA) is 75.4 Å². The molecule has 0 aromatic carbocycles. The zero-order chi connectivity index (χ0) is 11.3. The summed E-state index contributed by atoms with van der Waals surface area (Å²) in [6.45, 7) is 2.53. The number of aliphatic hydroxyl groups excluding tert-OH is 1. The van der Waals surface area contributed by atoms with Crippen molar-refractivity contribution in [2.24, 2.45) is 11.7 Å². The summed E-state index contributed by atoms with van der Waals surface area (Å²) in [7, 11) is 0. The fourth-order valence-corrected chi connectivity index (χ4v) is 1.91. The maximum absolute atomic E-state index is 11.5. The van der Waals surface area contributed by atoms with Gasteiger partial charge in [-0.2, -0.15) is 0 Å². The Labute approximate surface area is 91.2 Å². The SMILES string of the molecule is CC(CN)CC(=O)NC1CCC(O)CC1. The Bertz CT molecular complexity index is 201. The molecule has 15 heavy (non-hydrogen) atoms. The largest absolute Gasteiger partial charge is 0.393 e. The highest BCUT2D eigenvalue weighted by molar-refractivity contribution is 5.76. The van der Waals surface area contributed by atoms with Crippen LogP contribution in [0.3, 0.4) is 0 Å². The number of aliphatic hydroxyl groups is 1. The smallest absolute Gasteiger partial charge is 0.220 e.